The van der Waals surface area contributed by atoms with Gasteiger partial charge in [0.25, 0.3) is 0 Å². The molecule has 0 spiro atoms. The van der Waals surface area contributed by atoms with Crippen LogP contribution in [0.25, 0.3) is 44.3 Å². The molecule has 0 saturated heterocycles. The standard InChI is InChI=1S/C35H26N4O.Pt/c1-37-23-38(32-14-5-4-13-31(32)37)26-11-8-12-27(21-26)40-28-16-17-29-30-19-24-9-2-3-10-25(24)20-33(30)39(34(29)22-28)35-15-6-7-18-36-35;/h4-8,11-20H,2-3,9-10H2,1H3;/q-2;/i1D3;. The Morgan fingerprint density at radius 1 is 0.780 bits per heavy atom. The van der Waals surface area contributed by atoms with E-state index in [0.717, 1.165) is 40.6 Å². The van der Waals surface area contributed by atoms with Crippen molar-refractivity contribution in [1.29, 1.82) is 0 Å². The second-order valence-electron chi connectivity index (χ2n) is 10.4. The van der Waals surface area contributed by atoms with Gasteiger partial charge in [-0.05, 0) is 42.9 Å². The van der Waals surface area contributed by atoms with Crippen LogP contribution in [0.4, 0.5) is 0 Å². The van der Waals surface area contributed by atoms with Gasteiger partial charge in [-0.3, -0.25) is 0 Å². The minimum atomic E-state index is -2.33. The van der Waals surface area contributed by atoms with Gasteiger partial charge in [-0.1, -0.05) is 6.07 Å². The van der Waals surface area contributed by atoms with Gasteiger partial charge in [0.05, 0.1) is 0 Å². The summed E-state index contributed by atoms with van der Waals surface area (Å²) >= 11 is 2.07. The summed E-state index contributed by atoms with van der Waals surface area (Å²) in [6.07, 6.45) is 6.47. The van der Waals surface area contributed by atoms with Crippen molar-refractivity contribution in [3.05, 3.63) is 118 Å². The first-order valence-electron chi connectivity index (χ1n) is 15.2. The molecule has 5 nitrogen and oxygen atoms in total. The van der Waals surface area contributed by atoms with Gasteiger partial charge < -0.3 is 0 Å². The van der Waals surface area contributed by atoms with Crippen molar-refractivity contribution in [3.63, 3.8) is 0 Å². The van der Waals surface area contributed by atoms with E-state index in [0.29, 0.717) is 26.5 Å². The van der Waals surface area contributed by atoms with Crippen molar-refractivity contribution in [1.82, 2.24) is 18.7 Å². The van der Waals surface area contributed by atoms with Crippen molar-refractivity contribution in [2.75, 3.05) is 0 Å². The number of aryl methyl sites for hydroxylation is 3. The Kier molecular flexibility index (Phi) is 5.10. The molecule has 204 valence electrons. The SMILES string of the molecule is [2H]C([2H])([2H])n1[c](=[Pt])n(-c2[c-]c(Oc3[c-]c4c(cc3)c3cc5c(cc3n4-c3ccccn3)CCCC5)ccc2)c2ccccc21. The minimum absolute atomic E-state index is 0.503. The van der Waals surface area contributed by atoms with Crippen molar-refractivity contribution in [2.24, 2.45) is 6.98 Å². The molecule has 1 aliphatic rings. The van der Waals surface area contributed by atoms with E-state index >= 15 is 0 Å². The first-order chi connectivity index (χ1) is 21.4. The molecule has 0 fully saturated rings. The van der Waals surface area contributed by atoms with E-state index in [9.17, 15) is 0 Å². The number of ether oxygens (including phenoxy) is 1. The van der Waals surface area contributed by atoms with E-state index in [4.69, 9.17) is 13.8 Å². The number of pyridine rings is 1. The summed E-state index contributed by atoms with van der Waals surface area (Å²) in [6, 6.07) is 34.7. The third-order valence-electron chi connectivity index (χ3n) is 7.91. The van der Waals surface area contributed by atoms with Crippen LogP contribution in [-0.4, -0.2) is 18.7 Å². The number of hydrogen-bond acceptors (Lipinski definition) is 2. The first kappa shape index (κ1) is 21.5. The number of nitrogens with zero attached hydrogens (tertiary/aromatic N) is 4. The monoisotopic (exact) mass is 716 g/mol. The molecule has 8 rings (SSSR count). The van der Waals surface area contributed by atoms with E-state index < -0.39 is 6.98 Å². The summed E-state index contributed by atoms with van der Waals surface area (Å²) < 4.78 is 36.8. The average Bonchev–Trinajstić information content (AvgIpc) is 3.51. The Labute approximate surface area is 252 Å². The fourth-order valence-electron chi connectivity index (χ4n) is 6.03. The van der Waals surface area contributed by atoms with Gasteiger partial charge in [0, 0.05) is 6.20 Å². The van der Waals surface area contributed by atoms with Crippen LogP contribution in [0, 0.1) is 15.9 Å². The van der Waals surface area contributed by atoms with Gasteiger partial charge in [-0.25, -0.2) is 0 Å². The average molecular weight is 717 g/mol. The molecule has 0 atom stereocenters. The van der Waals surface area contributed by atoms with Crippen molar-refractivity contribution in [2.45, 2.75) is 25.7 Å². The Morgan fingerprint density at radius 3 is 2.41 bits per heavy atom. The van der Waals surface area contributed by atoms with Crippen LogP contribution in [0.5, 0.6) is 11.5 Å². The molecule has 6 heteroatoms. The van der Waals surface area contributed by atoms with Gasteiger partial charge >= 0.3 is 198 Å². The maximum absolute atomic E-state index is 8.13. The number of aromatic nitrogens is 4. The molecule has 0 amide bonds. The molecule has 0 bridgehead atoms. The van der Waals surface area contributed by atoms with E-state index in [2.05, 4.69) is 54.3 Å². The molecule has 0 unspecified atom stereocenters. The summed E-state index contributed by atoms with van der Waals surface area (Å²) in [4.78, 5) is 4.70. The predicted octanol–water partition coefficient (Wildman–Crippen LogP) is 7.81. The summed E-state index contributed by atoms with van der Waals surface area (Å²) in [5, 5.41) is 2.30. The van der Waals surface area contributed by atoms with Crippen LogP contribution in [0.3, 0.4) is 0 Å². The van der Waals surface area contributed by atoms with Crippen LogP contribution in [0.2, 0.25) is 0 Å². The molecule has 3 aromatic heterocycles. The number of benzene rings is 4. The number of para-hydroxylation sites is 2. The number of fused-ring (bicyclic) bond motifs is 5. The number of hydrogen-bond donors (Lipinski definition) is 0. The van der Waals surface area contributed by atoms with Gasteiger partial charge in [0.1, 0.15) is 0 Å². The Bertz CT molecular complexity index is 2280. The van der Waals surface area contributed by atoms with Crippen molar-refractivity contribution >= 4 is 32.8 Å². The predicted molar refractivity (Wildman–Crippen MR) is 158 cm³/mol. The molecule has 0 N–H and O–H groups in total. The zero-order valence-electron chi connectivity index (χ0n) is 25.0. The molecule has 4 aromatic carbocycles. The Hall–Kier alpha value is -4.21. The van der Waals surface area contributed by atoms with Crippen LogP contribution >= 0.6 is 0 Å². The van der Waals surface area contributed by atoms with E-state index in [-0.39, 0.29) is 0 Å². The zero-order chi connectivity index (χ0) is 30.0. The second kappa shape index (κ2) is 9.71. The quantitative estimate of drug-likeness (QED) is 0.174. The maximum atomic E-state index is 8.13. The number of rotatable bonds is 4. The Morgan fingerprint density at radius 2 is 1.59 bits per heavy atom. The van der Waals surface area contributed by atoms with Gasteiger partial charge in [0.15, 0.2) is 0 Å². The molecule has 1 aliphatic carbocycles. The number of imidazole rings is 1. The van der Waals surface area contributed by atoms with Crippen LogP contribution in [-0.2, 0) is 39.2 Å². The molecule has 7 aromatic rings. The second-order valence-corrected chi connectivity index (χ2v) is 11.4. The summed E-state index contributed by atoms with van der Waals surface area (Å²) in [5.74, 6) is 1.89. The molecule has 41 heavy (non-hydrogen) atoms. The summed E-state index contributed by atoms with van der Waals surface area (Å²) in [6.45, 7) is -2.33. The van der Waals surface area contributed by atoms with Gasteiger partial charge in [0.2, 0.25) is 0 Å². The topological polar surface area (TPSA) is 36.9 Å². The molecule has 0 radical (unpaired) electrons. The van der Waals surface area contributed by atoms with Gasteiger partial charge in [-0.15, -0.1) is 0 Å². The molecule has 3 heterocycles. The van der Waals surface area contributed by atoms with Crippen molar-refractivity contribution < 1.29 is 28.2 Å². The fourth-order valence-corrected chi connectivity index (χ4v) is 6.85. The third kappa shape index (κ3) is 4.02. The zero-order valence-corrected chi connectivity index (χ0v) is 24.3. The molecular formula is C35H26N4OPt-2. The third-order valence-corrected chi connectivity index (χ3v) is 8.93. The van der Waals surface area contributed by atoms with E-state index in [1.807, 2.05) is 77.5 Å². The Balaban J connectivity index is 1.25. The van der Waals surface area contributed by atoms with Crippen LogP contribution in [0.15, 0.2) is 91.1 Å². The molecular weight excluding hydrogens is 687 g/mol. The first-order valence-corrected chi connectivity index (χ1v) is 14.8. The van der Waals surface area contributed by atoms with Crippen LogP contribution in [0.1, 0.15) is 28.1 Å². The van der Waals surface area contributed by atoms with Crippen LogP contribution < -0.4 is 4.74 Å². The fraction of sp³-hybridized carbons (Fsp3) is 0.143. The van der Waals surface area contributed by atoms with E-state index in [1.54, 1.807) is 0 Å². The van der Waals surface area contributed by atoms with Gasteiger partial charge in [-0.2, -0.15) is 0 Å². The normalized spacial score (nSPS) is 14.6. The summed E-state index contributed by atoms with van der Waals surface area (Å²) in [5.41, 5.74) is 6.96. The molecule has 0 aliphatic heterocycles. The van der Waals surface area contributed by atoms with E-state index in [1.165, 1.54) is 33.9 Å². The molecule has 0 saturated carbocycles. The summed E-state index contributed by atoms with van der Waals surface area (Å²) in [7, 11) is 0. The van der Waals surface area contributed by atoms with Crippen molar-refractivity contribution in [3.8, 4) is 23.0 Å².